The minimum atomic E-state index is -0.364. The Morgan fingerprint density at radius 2 is 1.76 bits per heavy atom. The third-order valence-corrected chi connectivity index (χ3v) is 3.46. The van der Waals surface area contributed by atoms with Crippen LogP contribution < -0.4 is 14.8 Å². The number of ether oxygens (including phenoxy) is 3. The third-order valence-electron chi connectivity index (χ3n) is 3.46. The fourth-order valence-corrected chi connectivity index (χ4v) is 2.19. The summed E-state index contributed by atoms with van der Waals surface area (Å²) in [5.41, 5.74) is 0.966. The van der Waals surface area contributed by atoms with Crippen LogP contribution in [0.5, 0.6) is 11.5 Å². The van der Waals surface area contributed by atoms with Crippen molar-refractivity contribution < 1.29 is 19.0 Å². The summed E-state index contributed by atoms with van der Waals surface area (Å²) in [6.45, 7) is 5.95. The van der Waals surface area contributed by atoms with Crippen molar-refractivity contribution in [2.24, 2.45) is 5.92 Å². The summed E-state index contributed by atoms with van der Waals surface area (Å²) in [5, 5.41) is 3.30. The van der Waals surface area contributed by atoms with Crippen molar-refractivity contribution in [3.05, 3.63) is 23.8 Å². The Morgan fingerprint density at radius 1 is 1.10 bits per heavy atom. The number of methoxy groups -OCH3 is 3. The molecule has 5 nitrogen and oxygen atoms in total. The lowest BCUT2D eigenvalue weighted by Crippen LogP contribution is -2.43. The first-order valence-corrected chi connectivity index (χ1v) is 7.00. The molecule has 0 heterocycles. The van der Waals surface area contributed by atoms with Gasteiger partial charge in [-0.2, -0.15) is 0 Å². The minimum absolute atomic E-state index is 0.0580. The van der Waals surface area contributed by atoms with Crippen LogP contribution in [0.3, 0.4) is 0 Å². The second-order valence-electron chi connectivity index (χ2n) is 5.24. The maximum absolute atomic E-state index is 11.8. The van der Waals surface area contributed by atoms with Gasteiger partial charge in [-0.1, -0.05) is 19.9 Å². The lowest BCUT2D eigenvalue weighted by molar-refractivity contribution is -0.144. The van der Waals surface area contributed by atoms with E-state index in [-0.39, 0.29) is 24.0 Å². The van der Waals surface area contributed by atoms with Crippen molar-refractivity contribution in [3.63, 3.8) is 0 Å². The van der Waals surface area contributed by atoms with Crippen molar-refractivity contribution in [2.75, 3.05) is 21.3 Å². The van der Waals surface area contributed by atoms with Gasteiger partial charge in [-0.15, -0.1) is 0 Å². The van der Waals surface area contributed by atoms with Crippen molar-refractivity contribution in [1.82, 2.24) is 5.32 Å². The lowest BCUT2D eigenvalue weighted by Gasteiger charge is -2.25. The van der Waals surface area contributed by atoms with Gasteiger partial charge in [0, 0.05) is 17.7 Å². The van der Waals surface area contributed by atoms with E-state index in [4.69, 9.17) is 14.2 Å². The number of hydrogen-bond acceptors (Lipinski definition) is 5. The van der Waals surface area contributed by atoms with Gasteiger partial charge in [-0.3, -0.25) is 10.1 Å². The quantitative estimate of drug-likeness (QED) is 0.783. The lowest BCUT2D eigenvalue weighted by atomic mass is 10.0. The zero-order valence-corrected chi connectivity index (χ0v) is 13.6. The first-order chi connectivity index (χ1) is 9.94. The smallest absolute Gasteiger partial charge is 0.323 e. The van der Waals surface area contributed by atoms with Crippen LogP contribution in [-0.2, 0) is 9.53 Å². The number of nitrogens with one attached hydrogen (secondary N) is 1. The van der Waals surface area contributed by atoms with Gasteiger partial charge in [0.1, 0.15) is 17.5 Å². The van der Waals surface area contributed by atoms with Gasteiger partial charge in [0.2, 0.25) is 0 Å². The average Bonchev–Trinajstić information content (AvgIpc) is 2.50. The predicted molar refractivity (Wildman–Crippen MR) is 81.7 cm³/mol. The van der Waals surface area contributed by atoms with Gasteiger partial charge in [-0.05, 0) is 18.9 Å². The van der Waals surface area contributed by atoms with Crippen LogP contribution in [0.25, 0.3) is 0 Å². The molecule has 0 radical (unpaired) electrons. The number of carbonyl (C=O) groups is 1. The van der Waals surface area contributed by atoms with E-state index in [1.165, 1.54) is 7.11 Å². The van der Waals surface area contributed by atoms with E-state index in [2.05, 4.69) is 5.32 Å². The molecule has 21 heavy (non-hydrogen) atoms. The summed E-state index contributed by atoms with van der Waals surface area (Å²) in [6.07, 6.45) is 0. The molecule has 0 bridgehead atoms. The highest BCUT2D eigenvalue weighted by molar-refractivity contribution is 5.76. The largest absolute Gasteiger partial charge is 0.497 e. The standard InChI is InChI=1S/C16H25NO4/c1-10(2)15(16(18)21-6)17-11(3)13-8-7-12(19-4)9-14(13)20-5/h7-11,15,17H,1-6H3/t11?,15-/m0/s1. The van der Waals surface area contributed by atoms with Gasteiger partial charge < -0.3 is 14.2 Å². The molecule has 5 heteroatoms. The molecule has 1 rings (SSSR count). The van der Waals surface area contributed by atoms with Crippen molar-refractivity contribution in [2.45, 2.75) is 32.9 Å². The molecule has 0 aliphatic heterocycles. The maximum Gasteiger partial charge on any atom is 0.323 e. The first kappa shape index (κ1) is 17.3. The highest BCUT2D eigenvalue weighted by Crippen LogP contribution is 2.29. The molecule has 1 N–H and O–H groups in total. The van der Waals surface area contributed by atoms with Crippen LogP contribution in [-0.4, -0.2) is 33.3 Å². The molecular formula is C16H25NO4. The van der Waals surface area contributed by atoms with E-state index in [1.807, 2.05) is 39.0 Å². The van der Waals surface area contributed by atoms with Crippen LogP contribution in [0.1, 0.15) is 32.4 Å². The number of rotatable bonds is 7. The Labute approximate surface area is 126 Å². The van der Waals surface area contributed by atoms with Crippen molar-refractivity contribution >= 4 is 5.97 Å². The molecule has 0 saturated heterocycles. The van der Waals surface area contributed by atoms with E-state index in [0.29, 0.717) is 0 Å². The molecule has 0 aromatic heterocycles. The Balaban J connectivity index is 2.96. The van der Waals surface area contributed by atoms with Crippen molar-refractivity contribution in [1.29, 1.82) is 0 Å². The molecule has 0 aliphatic rings. The topological polar surface area (TPSA) is 56.8 Å². The number of esters is 1. The summed E-state index contributed by atoms with van der Waals surface area (Å²) >= 11 is 0. The fraction of sp³-hybridized carbons (Fsp3) is 0.562. The summed E-state index contributed by atoms with van der Waals surface area (Å²) in [6, 6.07) is 5.22. The van der Waals surface area contributed by atoms with Crippen LogP contribution >= 0.6 is 0 Å². The highest BCUT2D eigenvalue weighted by atomic mass is 16.5. The summed E-state index contributed by atoms with van der Waals surface area (Å²) in [7, 11) is 4.63. The minimum Gasteiger partial charge on any atom is -0.497 e. The molecule has 0 spiro atoms. The van der Waals surface area contributed by atoms with E-state index in [0.717, 1.165) is 17.1 Å². The second kappa shape index (κ2) is 7.88. The van der Waals surface area contributed by atoms with Crippen LogP contribution in [0.15, 0.2) is 18.2 Å². The van der Waals surface area contributed by atoms with Crippen LogP contribution in [0.2, 0.25) is 0 Å². The molecule has 0 aliphatic carbocycles. The Morgan fingerprint density at radius 3 is 2.24 bits per heavy atom. The number of carbonyl (C=O) groups excluding carboxylic acids is 1. The summed E-state index contributed by atoms with van der Waals surface area (Å²) in [4.78, 5) is 11.8. The SMILES string of the molecule is COC(=O)[C@@H](NC(C)c1ccc(OC)cc1OC)C(C)C. The summed E-state index contributed by atoms with van der Waals surface area (Å²) in [5.74, 6) is 1.33. The zero-order valence-electron chi connectivity index (χ0n) is 13.6. The predicted octanol–water partition coefficient (Wildman–Crippen LogP) is 2.55. The van der Waals surface area contributed by atoms with E-state index in [1.54, 1.807) is 14.2 Å². The zero-order chi connectivity index (χ0) is 16.0. The van der Waals surface area contributed by atoms with Gasteiger partial charge in [-0.25, -0.2) is 0 Å². The molecule has 118 valence electrons. The average molecular weight is 295 g/mol. The fourth-order valence-electron chi connectivity index (χ4n) is 2.19. The molecule has 1 aromatic carbocycles. The molecule has 0 fully saturated rings. The Hall–Kier alpha value is -1.75. The van der Waals surface area contributed by atoms with Gasteiger partial charge in [0.15, 0.2) is 0 Å². The van der Waals surface area contributed by atoms with Crippen molar-refractivity contribution in [3.8, 4) is 11.5 Å². The molecule has 1 aromatic rings. The molecular weight excluding hydrogens is 270 g/mol. The highest BCUT2D eigenvalue weighted by Gasteiger charge is 2.26. The second-order valence-corrected chi connectivity index (χ2v) is 5.24. The van der Waals surface area contributed by atoms with E-state index < -0.39 is 0 Å². The van der Waals surface area contributed by atoms with E-state index in [9.17, 15) is 4.79 Å². The van der Waals surface area contributed by atoms with Crippen LogP contribution in [0, 0.1) is 5.92 Å². The molecule has 0 saturated carbocycles. The Kier molecular flexibility index (Phi) is 6.49. The first-order valence-electron chi connectivity index (χ1n) is 7.00. The molecule has 1 unspecified atom stereocenters. The van der Waals surface area contributed by atoms with Gasteiger partial charge >= 0.3 is 5.97 Å². The normalized spacial score (nSPS) is 13.7. The Bertz CT molecular complexity index is 473. The van der Waals surface area contributed by atoms with Gasteiger partial charge in [0.25, 0.3) is 0 Å². The van der Waals surface area contributed by atoms with E-state index >= 15 is 0 Å². The molecule has 0 amide bonds. The summed E-state index contributed by atoms with van der Waals surface area (Å²) < 4.78 is 15.4. The third kappa shape index (κ3) is 4.36. The maximum atomic E-state index is 11.8. The monoisotopic (exact) mass is 295 g/mol. The molecule has 2 atom stereocenters. The number of benzene rings is 1. The van der Waals surface area contributed by atoms with Gasteiger partial charge in [0.05, 0.1) is 21.3 Å². The van der Waals surface area contributed by atoms with Crippen LogP contribution in [0.4, 0.5) is 0 Å². The number of hydrogen-bond donors (Lipinski definition) is 1.